The third-order valence-corrected chi connectivity index (χ3v) is 5.23. The Morgan fingerprint density at radius 3 is 2.78 bits per heavy atom. The lowest BCUT2D eigenvalue weighted by Gasteiger charge is -2.09. The highest BCUT2D eigenvalue weighted by Crippen LogP contribution is 2.39. The normalized spacial score (nSPS) is 13.6. The van der Waals surface area contributed by atoms with Gasteiger partial charge in [-0.25, -0.2) is 4.99 Å². The van der Waals surface area contributed by atoms with Gasteiger partial charge in [-0.3, -0.25) is 0 Å². The highest BCUT2D eigenvalue weighted by atomic mass is 32.1. The molecular formula is C18H18N2O2S. The summed E-state index contributed by atoms with van der Waals surface area (Å²) in [4.78, 5) is 5.89. The molecule has 0 saturated heterocycles. The fourth-order valence-electron chi connectivity index (χ4n) is 2.81. The summed E-state index contributed by atoms with van der Waals surface area (Å²) in [5.74, 6) is 1.44. The summed E-state index contributed by atoms with van der Waals surface area (Å²) in [6.07, 6.45) is 6.18. The lowest BCUT2D eigenvalue weighted by atomic mass is 9.96. The average molecular weight is 326 g/mol. The third-order valence-electron chi connectivity index (χ3n) is 4.03. The van der Waals surface area contributed by atoms with Gasteiger partial charge in [0.15, 0.2) is 0 Å². The highest BCUT2D eigenvalue weighted by molar-refractivity contribution is 7.16. The van der Waals surface area contributed by atoms with E-state index in [-0.39, 0.29) is 0 Å². The zero-order valence-corrected chi connectivity index (χ0v) is 14.1. The van der Waals surface area contributed by atoms with Gasteiger partial charge in [-0.05, 0) is 43.4 Å². The van der Waals surface area contributed by atoms with E-state index in [0.29, 0.717) is 5.75 Å². The van der Waals surface area contributed by atoms with E-state index in [4.69, 9.17) is 9.47 Å². The van der Waals surface area contributed by atoms with Crippen molar-refractivity contribution in [3.63, 3.8) is 0 Å². The number of thiophene rings is 1. The van der Waals surface area contributed by atoms with Gasteiger partial charge in [0.1, 0.15) is 22.6 Å². The van der Waals surface area contributed by atoms with E-state index in [1.165, 1.54) is 16.9 Å². The summed E-state index contributed by atoms with van der Waals surface area (Å²) in [5.41, 5.74) is 2.81. The zero-order chi connectivity index (χ0) is 16.2. The standard InChI is InChI=1S/C18H18N2O2S/c1-21-13-8-7-12(16(9-13)22-2)11-20-18-15(10-19)14-5-3-4-6-17(14)23-18/h7-9,11H,3-6H2,1-2H3/b20-11+. The molecule has 1 aliphatic carbocycles. The highest BCUT2D eigenvalue weighted by Gasteiger charge is 2.20. The number of hydrogen-bond acceptors (Lipinski definition) is 5. The second-order valence-electron chi connectivity index (χ2n) is 5.37. The second kappa shape index (κ2) is 6.84. The van der Waals surface area contributed by atoms with Crippen LogP contribution in [0.5, 0.6) is 11.5 Å². The smallest absolute Gasteiger partial charge is 0.134 e. The summed E-state index contributed by atoms with van der Waals surface area (Å²) < 4.78 is 10.6. The fraction of sp³-hybridized carbons (Fsp3) is 0.333. The van der Waals surface area contributed by atoms with Gasteiger partial charge >= 0.3 is 0 Å². The van der Waals surface area contributed by atoms with Gasteiger partial charge in [-0.2, -0.15) is 5.26 Å². The van der Waals surface area contributed by atoms with Crippen LogP contribution in [0.3, 0.4) is 0 Å². The minimum Gasteiger partial charge on any atom is -0.497 e. The van der Waals surface area contributed by atoms with Crippen molar-refractivity contribution in [3.8, 4) is 17.6 Å². The van der Waals surface area contributed by atoms with Crippen molar-refractivity contribution >= 4 is 22.6 Å². The second-order valence-corrected chi connectivity index (χ2v) is 6.45. The molecule has 0 radical (unpaired) electrons. The Balaban J connectivity index is 1.95. The number of nitrogens with zero attached hydrogens (tertiary/aromatic N) is 2. The van der Waals surface area contributed by atoms with Gasteiger partial charge in [0, 0.05) is 22.7 Å². The van der Waals surface area contributed by atoms with E-state index in [2.05, 4.69) is 11.1 Å². The number of methoxy groups -OCH3 is 2. The number of rotatable bonds is 4. The molecule has 0 spiro atoms. The van der Waals surface area contributed by atoms with Crippen LogP contribution in [0.2, 0.25) is 0 Å². The van der Waals surface area contributed by atoms with Crippen LogP contribution < -0.4 is 9.47 Å². The van der Waals surface area contributed by atoms with Gasteiger partial charge in [0.2, 0.25) is 0 Å². The van der Waals surface area contributed by atoms with Crippen molar-refractivity contribution in [1.29, 1.82) is 5.26 Å². The van der Waals surface area contributed by atoms with Crippen molar-refractivity contribution in [2.24, 2.45) is 4.99 Å². The van der Waals surface area contributed by atoms with Crippen LogP contribution in [0.25, 0.3) is 0 Å². The molecule has 5 heteroatoms. The lowest BCUT2D eigenvalue weighted by molar-refractivity contribution is 0.394. The number of ether oxygens (including phenoxy) is 2. The van der Waals surface area contributed by atoms with Crippen LogP contribution in [-0.4, -0.2) is 20.4 Å². The SMILES string of the molecule is COc1ccc(/C=N/c2sc3c(c2C#N)CCCC3)c(OC)c1. The fourth-order valence-corrected chi connectivity index (χ4v) is 3.99. The molecule has 2 aromatic rings. The molecule has 1 aliphatic rings. The molecule has 0 aliphatic heterocycles. The van der Waals surface area contributed by atoms with E-state index in [0.717, 1.165) is 41.1 Å². The van der Waals surface area contributed by atoms with E-state index in [1.54, 1.807) is 31.8 Å². The van der Waals surface area contributed by atoms with Crippen molar-refractivity contribution < 1.29 is 9.47 Å². The molecule has 1 aromatic heterocycles. The number of aryl methyl sites for hydroxylation is 1. The van der Waals surface area contributed by atoms with Gasteiger partial charge in [0.05, 0.1) is 19.8 Å². The Morgan fingerprint density at radius 2 is 2.04 bits per heavy atom. The van der Waals surface area contributed by atoms with Gasteiger partial charge in [-0.15, -0.1) is 11.3 Å². The number of hydrogen-bond donors (Lipinski definition) is 0. The molecule has 0 amide bonds. The summed E-state index contributed by atoms with van der Waals surface area (Å²) in [6.45, 7) is 0. The minimum atomic E-state index is 0.702. The van der Waals surface area contributed by atoms with Gasteiger partial charge in [0.25, 0.3) is 0 Å². The predicted octanol–water partition coefficient (Wildman–Crippen LogP) is 4.27. The Kier molecular flexibility index (Phi) is 4.63. The maximum atomic E-state index is 9.47. The number of aliphatic imine (C=N–C) groups is 1. The first kappa shape index (κ1) is 15.6. The Bertz CT molecular complexity index is 787. The van der Waals surface area contributed by atoms with Crippen LogP contribution in [0.15, 0.2) is 23.2 Å². The molecule has 0 saturated carbocycles. The van der Waals surface area contributed by atoms with Gasteiger partial charge < -0.3 is 9.47 Å². The number of benzene rings is 1. The molecular weight excluding hydrogens is 308 g/mol. The van der Waals surface area contributed by atoms with Crippen molar-refractivity contribution in [3.05, 3.63) is 39.8 Å². The molecule has 118 valence electrons. The van der Waals surface area contributed by atoms with Crippen molar-refractivity contribution in [2.45, 2.75) is 25.7 Å². The van der Waals surface area contributed by atoms with Crippen molar-refractivity contribution in [2.75, 3.05) is 14.2 Å². The summed E-state index contributed by atoms with van der Waals surface area (Å²) >= 11 is 1.64. The number of nitriles is 1. The van der Waals surface area contributed by atoms with E-state index in [9.17, 15) is 5.26 Å². The molecule has 0 bridgehead atoms. The molecule has 23 heavy (non-hydrogen) atoms. The molecule has 0 unspecified atom stereocenters. The predicted molar refractivity (Wildman–Crippen MR) is 92.5 cm³/mol. The largest absolute Gasteiger partial charge is 0.497 e. The van der Waals surface area contributed by atoms with E-state index >= 15 is 0 Å². The first-order chi connectivity index (χ1) is 11.3. The topological polar surface area (TPSA) is 54.6 Å². The maximum Gasteiger partial charge on any atom is 0.134 e. The van der Waals surface area contributed by atoms with Crippen LogP contribution >= 0.6 is 11.3 Å². The lowest BCUT2D eigenvalue weighted by Crippen LogP contribution is -1.99. The first-order valence-electron chi connectivity index (χ1n) is 7.57. The Morgan fingerprint density at radius 1 is 1.22 bits per heavy atom. The zero-order valence-electron chi connectivity index (χ0n) is 13.3. The Labute approximate surface area is 140 Å². The van der Waals surface area contributed by atoms with Gasteiger partial charge in [-0.1, -0.05) is 0 Å². The molecule has 1 aromatic carbocycles. The quantitative estimate of drug-likeness (QED) is 0.789. The molecule has 3 rings (SSSR count). The molecule has 4 nitrogen and oxygen atoms in total. The monoisotopic (exact) mass is 326 g/mol. The molecule has 1 heterocycles. The average Bonchev–Trinajstić information content (AvgIpc) is 2.97. The first-order valence-corrected chi connectivity index (χ1v) is 8.39. The summed E-state index contributed by atoms with van der Waals surface area (Å²) in [7, 11) is 3.24. The van der Waals surface area contributed by atoms with Crippen LogP contribution in [-0.2, 0) is 12.8 Å². The molecule has 0 atom stereocenters. The third kappa shape index (κ3) is 3.08. The van der Waals surface area contributed by atoms with Crippen LogP contribution in [0.1, 0.15) is 34.4 Å². The van der Waals surface area contributed by atoms with E-state index < -0.39 is 0 Å². The maximum absolute atomic E-state index is 9.47. The molecule has 0 N–H and O–H groups in total. The van der Waals surface area contributed by atoms with Crippen molar-refractivity contribution in [1.82, 2.24) is 0 Å². The summed E-state index contributed by atoms with van der Waals surface area (Å²) in [5, 5.41) is 10.3. The van der Waals surface area contributed by atoms with E-state index in [1.807, 2.05) is 18.2 Å². The Hall–Kier alpha value is -2.32. The summed E-state index contributed by atoms with van der Waals surface area (Å²) in [6, 6.07) is 7.93. The minimum absolute atomic E-state index is 0.702. The van der Waals surface area contributed by atoms with Crippen LogP contribution in [0.4, 0.5) is 5.00 Å². The molecule has 0 fully saturated rings. The van der Waals surface area contributed by atoms with Crippen LogP contribution in [0, 0.1) is 11.3 Å². The number of fused-ring (bicyclic) bond motifs is 1.